The molecule has 1 amide bonds. The summed E-state index contributed by atoms with van der Waals surface area (Å²) in [5.41, 5.74) is 1.29. The summed E-state index contributed by atoms with van der Waals surface area (Å²) in [6.45, 7) is 3.40. The minimum Gasteiger partial charge on any atom is -0.375 e. The van der Waals surface area contributed by atoms with Crippen molar-refractivity contribution in [3.63, 3.8) is 0 Å². The van der Waals surface area contributed by atoms with Crippen LogP contribution in [0.5, 0.6) is 0 Å². The third-order valence-corrected chi connectivity index (χ3v) is 3.52. The zero-order valence-corrected chi connectivity index (χ0v) is 11.6. The van der Waals surface area contributed by atoms with Gasteiger partial charge in [0.15, 0.2) is 0 Å². The number of carbonyl (C=O) groups excluding carboxylic acids is 1. The Balaban J connectivity index is 1.64. The van der Waals surface area contributed by atoms with Gasteiger partial charge in [-0.15, -0.1) is 0 Å². The minimum atomic E-state index is -0.361. The van der Waals surface area contributed by atoms with Gasteiger partial charge in [-0.3, -0.25) is 4.79 Å². The lowest BCUT2D eigenvalue weighted by Gasteiger charge is -2.29. The van der Waals surface area contributed by atoms with E-state index in [9.17, 15) is 9.18 Å². The van der Waals surface area contributed by atoms with E-state index in [0.29, 0.717) is 30.0 Å². The van der Waals surface area contributed by atoms with Crippen LogP contribution >= 0.6 is 0 Å². The Labute approximate surface area is 121 Å². The van der Waals surface area contributed by atoms with Gasteiger partial charge in [0.05, 0.1) is 30.3 Å². The number of hydrogen-bond acceptors (Lipinski definition) is 4. The van der Waals surface area contributed by atoms with Crippen molar-refractivity contribution in [1.82, 2.24) is 20.6 Å². The second-order valence-electron chi connectivity index (χ2n) is 5.07. The maximum atomic E-state index is 13.1. The van der Waals surface area contributed by atoms with E-state index in [1.807, 2.05) is 6.92 Å². The second-order valence-corrected chi connectivity index (χ2v) is 5.07. The molecule has 0 bridgehead atoms. The van der Waals surface area contributed by atoms with Crippen LogP contribution in [0, 0.1) is 5.82 Å². The van der Waals surface area contributed by atoms with Crippen LogP contribution in [-0.2, 0) is 16.1 Å². The first-order valence-electron chi connectivity index (χ1n) is 6.90. The van der Waals surface area contributed by atoms with Crippen LogP contribution in [0.25, 0.3) is 11.0 Å². The summed E-state index contributed by atoms with van der Waals surface area (Å²) < 4.78 is 18.5. The van der Waals surface area contributed by atoms with Gasteiger partial charge in [-0.1, -0.05) is 0 Å². The van der Waals surface area contributed by atoms with Gasteiger partial charge in [0.2, 0.25) is 5.91 Å². The fraction of sp³-hybridized carbons (Fsp3) is 0.429. The highest BCUT2D eigenvalue weighted by Crippen LogP contribution is 2.13. The molecule has 1 aliphatic heterocycles. The molecule has 0 radical (unpaired) electrons. The van der Waals surface area contributed by atoms with Crippen molar-refractivity contribution >= 4 is 16.9 Å². The molecule has 0 spiro atoms. The number of hydrogen-bond donors (Lipinski definition) is 3. The number of nitrogens with one attached hydrogen (secondary N) is 3. The second kappa shape index (κ2) is 5.79. The summed E-state index contributed by atoms with van der Waals surface area (Å²) in [7, 11) is 0. The summed E-state index contributed by atoms with van der Waals surface area (Å²) in [4.78, 5) is 19.4. The molecule has 3 N–H and O–H groups in total. The number of imidazole rings is 1. The van der Waals surface area contributed by atoms with E-state index in [-0.39, 0.29) is 30.4 Å². The zero-order valence-electron chi connectivity index (χ0n) is 11.6. The number of nitrogens with zero attached hydrogens (tertiary/aromatic N) is 1. The van der Waals surface area contributed by atoms with Gasteiger partial charge < -0.3 is 20.4 Å². The number of amides is 1. The number of carbonyl (C=O) groups is 1. The third-order valence-electron chi connectivity index (χ3n) is 3.52. The maximum Gasteiger partial charge on any atom is 0.240 e. The Morgan fingerprint density at radius 1 is 1.57 bits per heavy atom. The number of ether oxygens (including phenoxy) is 1. The van der Waals surface area contributed by atoms with Crippen LogP contribution in [-0.4, -0.2) is 41.2 Å². The molecule has 7 heteroatoms. The number of fused-ring (bicyclic) bond motifs is 1. The van der Waals surface area contributed by atoms with Crippen LogP contribution in [0.2, 0.25) is 0 Å². The van der Waals surface area contributed by atoms with Gasteiger partial charge in [-0.2, -0.15) is 0 Å². The molecular weight excluding hydrogens is 275 g/mol. The molecule has 2 heterocycles. The molecule has 1 aromatic heterocycles. The van der Waals surface area contributed by atoms with Crippen molar-refractivity contribution in [2.45, 2.75) is 25.6 Å². The SMILES string of the molecule is C[C@H]1OCCN[C@@H]1C(=O)NCc1nc2ccc(F)cc2[nH]1. The molecule has 112 valence electrons. The zero-order chi connectivity index (χ0) is 14.8. The highest BCUT2D eigenvalue weighted by molar-refractivity contribution is 5.82. The fourth-order valence-electron chi connectivity index (χ4n) is 2.43. The lowest BCUT2D eigenvalue weighted by Crippen LogP contribution is -2.55. The minimum absolute atomic E-state index is 0.131. The smallest absolute Gasteiger partial charge is 0.240 e. The van der Waals surface area contributed by atoms with Crippen molar-refractivity contribution in [1.29, 1.82) is 0 Å². The van der Waals surface area contributed by atoms with E-state index in [0.717, 1.165) is 0 Å². The van der Waals surface area contributed by atoms with Crippen molar-refractivity contribution < 1.29 is 13.9 Å². The van der Waals surface area contributed by atoms with E-state index in [1.165, 1.54) is 12.1 Å². The molecule has 1 saturated heterocycles. The molecule has 2 aromatic rings. The van der Waals surface area contributed by atoms with Crippen LogP contribution in [0.15, 0.2) is 18.2 Å². The van der Waals surface area contributed by atoms with E-state index in [1.54, 1.807) is 6.07 Å². The predicted molar refractivity (Wildman–Crippen MR) is 75.1 cm³/mol. The topological polar surface area (TPSA) is 79.0 Å². The van der Waals surface area contributed by atoms with Crippen LogP contribution in [0.1, 0.15) is 12.7 Å². The Kier molecular flexibility index (Phi) is 3.85. The number of aromatic amines is 1. The van der Waals surface area contributed by atoms with Crippen molar-refractivity contribution in [2.75, 3.05) is 13.2 Å². The van der Waals surface area contributed by atoms with E-state index in [4.69, 9.17) is 4.74 Å². The molecular formula is C14H17FN4O2. The summed E-state index contributed by atoms with van der Waals surface area (Å²) in [5, 5.41) is 5.93. The monoisotopic (exact) mass is 292 g/mol. The molecule has 0 unspecified atom stereocenters. The Bertz CT molecular complexity index is 657. The Hall–Kier alpha value is -1.99. The average molecular weight is 292 g/mol. The Morgan fingerprint density at radius 2 is 2.43 bits per heavy atom. The van der Waals surface area contributed by atoms with Gasteiger partial charge >= 0.3 is 0 Å². The average Bonchev–Trinajstić information content (AvgIpc) is 2.87. The molecule has 6 nitrogen and oxygen atoms in total. The van der Waals surface area contributed by atoms with Crippen LogP contribution in [0.3, 0.4) is 0 Å². The highest BCUT2D eigenvalue weighted by atomic mass is 19.1. The summed E-state index contributed by atoms with van der Waals surface area (Å²) in [6.07, 6.45) is -0.163. The normalized spacial score (nSPS) is 22.4. The quantitative estimate of drug-likeness (QED) is 0.778. The first-order chi connectivity index (χ1) is 10.1. The molecule has 1 aliphatic rings. The number of rotatable bonds is 3. The standard InChI is InChI=1S/C14H17FN4O2/c1-8-13(16-4-5-21-8)14(20)17-7-12-18-10-3-2-9(15)6-11(10)19-12/h2-3,6,8,13,16H,4-5,7H2,1H3,(H,17,20)(H,18,19)/t8-,13+/m1/s1. The van der Waals surface area contributed by atoms with E-state index >= 15 is 0 Å². The number of H-pyrrole nitrogens is 1. The first-order valence-corrected chi connectivity index (χ1v) is 6.90. The van der Waals surface area contributed by atoms with Gasteiger partial charge in [-0.25, -0.2) is 9.37 Å². The number of morpholine rings is 1. The number of benzene rings is 1. The van der Waals surface area contributed by atoms with Gasteiger partial charge in [0.1, 0.15) is 17.7 Å². The first kappa shape index (κ1) is 14.0. The van der Waals surface area contributed by atoms with Gasteiger partial charge in [-0.05, 0) is 25.1 Å². The highest BCUT2D eigenvalue weighted by Gasteiger charge is 2.28. The summed E-state index contributed by atoms with van der Waals surface area (Å²) >= 11 is 0. The summed E-state index contributed by atoms with van der Waals surface area (Å²) in [6, 6.07) is 3.98. The van der Waals surface area contributed by atoms with Crippen molar-refractivity contribution in [2.24, 2.45) is 0 Å². The molecule has 2 atom stereocenters. The van der Waals surface area contributed by atoms with E-state index in [2.05, 4.69) is 20.6 Å². The van der Waals surface area contributed by atoms with Crippen molar-refractivity contribution in [3.05, 3.63) is 29.8 Å². The fourth-order valence-corrected chi connectivity index (χ4v) is 2.43. The lowest BCUT2D eigenvalue weighted by molar-refractivity contribution is -0.129. The van der Waals surface area contributed by atoms with Crippen LogP contribution in [0.4, 0.5) is 4.39 Å². The van der Waals surface area contributed by atoms with Crippen LogP contribution < -0.4 is 10.6 Å². The van der Waals surface area contributed by atoms with Gasteiger partial charge in [0, 0.05) is 6.54 Å². The Morgan fingerprint density at radius 3 is 3.24 bits per heavy atom. The number of aromatic nitrogens is 2. The molecule has 0 aliphatic carbocycles. The summed E-state index contributed by atoms with van der Waals surface area (Å²) in [5.74, 6) is 0.140. The molecule has 1 fully saturated rings. The largest absolute Gasteiger partial charge is 0.375 e. The predicted octanol–water partition coefficient (Wildman–Crippen LogP) is 0.695. The number of halogens is 1. The molecule has 1 aromatic carbocycles. The molecule has 3 rings (SSSR count). The van der Waals surface area contributed by atoms with Crippen molar-refractivity contribution in [3.8, 4) is 0 Å². The molecule has 21 heavy (non-hydrogen) atoms. The molecule has 0 saturated carbocycles. The van der Waals surface area contributed by atoms with Gasteiger partial charge in [0.25, 0.3) is 0 Å². The maximum absolute atomic E-state index is 13.1. The third kappa shape index (κ3) is 3.03. The van der Waals surface area contributed by atoms with E-state index < -0.39 is 0 Å². The lowest BCUT2D eigenvalue weighted by atomic mass is 10.1.